The van der Waals surface area contributed by atoms with Crippen LogP contribution in [0.4, 0.5) is 0 Å². The van der Waals surface area contributed by atoms with E-state index in [9.17, 15) is 0 Å². The Hall–Kier alpha value is -1.74. The molecule has 0 spiro atoms. The van der Waals surface area contributed by atoms with Gasteiger partial charge in [0.15, 0.2) is 0 Å². The molecule has 0 radical (unpaired) electrons. The largest absolute Gasteiger partial charge is 0.497 e. The predicted molar refractivity (Wildman–Crippen MR) is 67.3 cm³/mol. The molecule has 2 N–H and O–H groups in total. The lowest BCUT2D eigenvalue weighted by molar-refractivity contribution is 0.281. The molecular formula is C14H17NO2. The van der Waals surface area contributed by atoms with E-state index in [1.165, 1.54) is 5.56 Å². The Morgan fingerprint density at radius 2 is 2.00 bits per heavy atom. The maximum Gasteiger partial charge on any atom is 0.118 e. The van der Waals surface area contributed by atoms with Crippen LogP contribution in [0, 0.1) is 0 Å². The van der Waals surface area contributed by atoms with Gasteiger partial charge in [-0.2, -0.15) is 0 Å². The number of hydrogen-bond donors (Lipinski definition) is 2. The number of aliphatic hydroxyl groups excluding tert-OH is 1. The molecular weight excluding hydrogens is 214 g/mol. The first-order chi connectivity index (χ1) is 8.35. The minimum atomic E-state index is 0.176. The molecule has 1 aromatic heterocycles. The molecule has 0 saturated carbocycles. The summed E-state index contributed by atoms with van der Waals surface area (Å²) in [6, 6.07) is 12.0. The van der Waals surface area contributed by atoms with Crippen LogP contribution in [0.2, 0.25) is 0 Å². The normalized spacial score (nSPS) is 12.4. The van der Waals surface area contributed by atoms with E-state index in [1.54, 1.807) is 7.11 Å². The summed E-state index contributed by atoms with van der Waals surface area (Å²) in [5, 5.41) is 9.16. The minimum Gasteiger partial charge on any atom is -0.497 e. The van der Waals surface area contributed by atoms with E-state index in [0.29, 0.717) is 6.42 Å². The van der Waals surface area contributed by atoms with E-state index >= 15 is 0 Å². The summed E-state index contributed by atoms with van der Waals surface area (Å²) >= 11 is 0. The molecule has 2 rings (SSSR count). The van der Waals surface area contributed by atoms with Crippen LogP contribution in [0.1, 0.15) is 23.6 Å². The van der Waals surface area contributed by atoms with Gasteiger partial charge in [0.2, 0.25) is 0 Å². The summed E-state index contributed by atoms with van der Waals surface area (Å²) in [6.45, 7) is 0.176. The van der Waals surface area contributed by atoms with Crippen molar-refractivity contribution in [1.29, 1.82) is 0 Å². The van der Waals surface area contributed by atoms with Crippen molar-refractivity contribution in [2.24, 2.45) is 0 Å². The molecule has 3 heteroatoms. The van der Waals surface area contributed by atoms with Crippen molar-refractivity contribution in [3.63, 3.8) is 0 Å². The molecule has 90 valence electrons. The van der Waals surface area contributed by atoms with Crippen LogP contribution < -0.4 is 4.74 Å². The number of aromatic nitrogens is 1. The van der Waals surface area contributed by atoms with Crippen molar-refractivity contribution in [2.75, 3.05) is 13.7 Å². The van der Waals surface area contributed by atoms with Gasteiger partial charge in [0.25, 0.3) is 0 Å². The van der Waals surface area contributed by atoms with Crippen LogP contribution in [0.25, 0.3) is 0 Å². The Bertz CT molecular complexity index is 434. The van der Waals surface area contributed by atoms with Crippen molar-refractivity contribution >= 4 is 0 Å². The number of benzene rings is 1. The Balaban J connectivity index is 2.26. The molecule has 0 aliphatic carbocycles. The van der Waals surface area contributed by atoms with Crippen LogP contribution in [-0.2, 0) is 0 Å². The lowest BCUT2D eigenvalue weighted by Crippen LogP contribution is -2.04. The van der Waals surface area contributed by atoms with Crippen LogP contribution in [0.5, 0.6) is 5.75 Å². The van der Waals surface area contributed by atoms with Gasteiger partial charge in [0.1, 0.15) is 5.75 Å². The highest BCUT2D eigenvalue weighted by Gasteiger charge is 2.14. The number of H-pyrrole nitrogens is 1. The summed E-state index contributed by atoms with van der Waals surface area (Å²) in [7, 11) is 1.66. The zero-order chi connectivity index (χ0) is 12.1. The zero-order valence-electron chi connectivity index (χ0n) is 9.89. The van der Waals surface area contributed by atoms with E-state index in [2.05, 4.69) is 4.98 Å². The highest BCUT2D eigenvalue weighted by Crippen LogP contribution is 2.27. The average Bonchev–Trinajstić information content (AvgIpc) is 2.90. The molecule has 2 aromatic rings. The predicted octanol–water partition coefficient (Wildman–Crippen LogP) is 2.54. The molecule has 0 aliphatic rings. The van der Waals surface area contributed by atoms with Crippen molar-refractivity contribution in [1.82, 2.24) is 4.98 Å². The van der Waals surface area contributed by atoms with Crippen LogP contribution in [-0.4, -0.2) is 23.8 Å². The maximum atomic E-state index is 9.16. The molecule has 0 amide bonds. The van der Waals surface area contributed by atoms with Crippen molar-refractivity contribution in [3.05, 3.63) is 53.9 Å². The first kappa shape index (κ1) is 11.7. The summed E-state index contributed by atoms with van der Waals surface area (Å²) in [5.74, 6) is 1.06. The molecule has 0 fully saturated rings. The molecule has 1 unspecified atom stereocenters. The zero-order valence-corrected chi connectivity index (χ0v) is 9.89. The fourth-order valence-electron chi connectivity index (χ4n) is 2.03. The van der Waals surface area contributed by atoms with Gasteiger partial charge < -0.3 is 14.8 Å². The highest BCUT2D eigenvalue weighted by atomic mass is 16.5. The minimum absolute atomic E-state index is 0.176. The van der Waals surface area contributed by atoms with Gasteiger partial charge in [-0.15, -0.1) is 0 Å². The molecule has 0 saturated heterocycles. The van der Waals surface area contributed by atoms with E-state index in [-0.39, 0.29) is 12.5 Å². The van der Waals surface area contributed by atoms with E-state index in [0.717, 1.165) is 11.4 Å². The Morgan fingerprint density at radius 3 is 2.53 bits per heavy atom. The molecule has 3 nitrogen and oxygen atoms in total. The molecule has 0 aliphatic heterocycles. The second-order valence-corrected chi connectivity index (χ2v) is 3.96. The number of rotatable bonds is 5. The van der Waals surface area contributed by atoms with E-state index in [1.807, 2.05) is 42.6 Å². The van der Waals surface area contributed by atoms with Gasteiger partial charge >= 0.3 is 0 Å². The maximum absolute atomic E-state index is 9.16. The number of nitrogens with one attached hydrogen (secondary N) is 1. The van der Waals surface area contributed by atoms with Crippen molar-refractivity contribution in [2.45, 2.75) is 12.3 Å². The smallest absolute Gasteiger partial charge is 0.118 e. The van der Waals surface area contributed by atoms with E-state index in [4.69, 9.17) is 9.84 Å². The van der Waals surface area contributed by atoms with Gasteiger partial charge in [-0.05, 0) is 36.2 Å². The number of ether oxygens (including phenoxy) is 1. The summed E-state index contributed by atoms with van der Waals surface area (Å²) in [6.07, 6.45) is 2.62. The fraction of sp³-hybridized carbons (Fsp3) is 0.286. The average molecular weight is 231 g/mol. The number of aliphatic hydroxyl groups is 1. The summed E-state index contributed by atoms with van der Waals surface area (Å²) < 4.78 is 5.14. The standard InChI is InChI=1S/C14H17NO2/c1-17-12-6-4-11(5-7-12)13(8-10-16)14-3-2-9-15-14/h2-7,9,13,15-16H,8,10H2,1H3. The second-order valence-electron chi connectivity index (χ2n) is 3.96. The number of methoxy groups -OCH3 is 1. The third-order valence-corrected chi connectivity index (χ3v) is 2.93. The third-order valence-electron chi connectivity index (χ3n) is 2.93. The quantitative estimate of drug-likeness (QED) is 0.830. The van der Waals surface area contributed by atoms with Gasteiger partial charge in [-0.25, -0.2) is 0 Å². The molecule has 0 bridgehead atoms. The molecule has 1 aromatic carbocycles. The van der Waals surface area contributed by atoms with Gasteiger partial charge in [0.05, 0.1) is 7.11 Å². The first-order valence-corrected chi connectivity index (χ1v) is 5.73. The Labute approximate surface area is 101 Å². The number of hydrogen-bond acceptors (Lipinski definition) is 2. The van der Waals surface area contributed by atoms with Gasteiger partial charge in [-0.1, -0.05) is 12.1 Å². The highest BCUT2D eigenvalue weighted by molar-refractivity contribution is 5.33. The SMILES string of the molecule is COc1ccc(C(CCO)c2ccc[nH]2)cc1. The van der Waals surface area contributed by atoms with E-state index < -0.39 is 0 Å². The summed E-state index contributed by atoms with van der Waals surface area (Å²) in [4.78, 5) is 3.21. The Morgan fingerprint density at radius 1 is 1.24 bits per heavy atom. The van der Waals surface area contributed by atoms with Crippen molar-refractivity contribution < 1.29 is 9.84 Å². The van der Waals surface area contributed by atoms with Crippen LogP contribution in [0.3, 0.4) is 0 Å². The summed E-state index contributed by atoms with van der Waals surface area (Å²) in [5.41, 5.74) is 2.31. The third kappa shape index (κ3) is 2.68. The molecule has 1 heterocycles. The topological polar surface area (TPSA) is 45.2 Å². The molecule has 1 atom stereocenters. The Kier molecular flexibility index (Phi) is 3.83. The van der Waals surface area contributed by atoms with Crippen LogP contribution >= 0.6 is 0 Å². The van der Waals surface area contributed by atoms with Gasteiger partial charge in [0, 0.05) is 24.4 Å². The van der Waals surface area contributed by atoms with Crippen molar-refractivity contribution in [3.8, 4) is 5.75 Å². The van der Waals surface area contributed by atoms with Crippen LogP contribution in [0.15, 0.2) is 42.6 Å². The first-order valence-electron chi connectivity index (χ1n) is 5.73. The van der Waals surface area contributed by atoms with Gasteiger partial charge in [-0.3, -0.25) is 0 Å². The monoisotopic (exact) mass is 231 g/mol. The lowest BCUT2D eigenvalue weighted by Gasteiger charge is -2.15. The lowest BCUT2D eigenvalue weighted by atomic mass is 9.93. The number of aromatic amines is 1. The molecule has 17 heavy (non-hydrogen) atoms. The fourth-order valence-corrected chi connectivity index (χ4v) is 2.03. The second kappa shape index (κ2) is 5.55.